The van der Waals surface area contributed by atoms with E-state index in [0.29, 0.717) is 5.92 Å². The van der Waals surface area contributed by atoms with Crippen LogP contribution >= 0.6 is 0 Å². The van der Waals surface area contributed by atoms with E-state index in [1.165, 1.54) is 6.42 Å². The van der Waals surface area contributed by atoms with Crippen LogP contribution in [-0.2, 0) is 4.74 Å². The van der Waals surface area contributed by atoms with Crippen LogP contribution in [0.25, 0.3) is 0 Å². The van der Waals surface area contributed by atoms with E-state index < -0.39 is 0 Å². The minimum Gasteiger partial charge on any atom is -0.496 e. The number of para-hydroxylation sites is 1. The van der Waals surface area contributed by atoms with Crippen molar-refractivity contribution in [2.24, 2.45) is 5.92 Å². The Balaban J connectivity index is 2.66. The largest absolute Gasteiger partial charge is 0.496 e. The Hall–Kier alpha value is -1.06. The molecule has 0 bridgehead atoms. The van der Waals surface area contributed by atoms with E-state index >= 15 is 0 Å². The summed E-state index contributed by atoms with van der Waals surface area (Å²) in [5.41, 5.74) is 1.15. The smallest absolute Gasteiger partial charge is 0.124 e. The number of benzene rings is 1. The Kier molecular flexibility index (Phi) is 8.40. The van der Waals surface area contributed by atoms with Crippen LogP contribution in [0, 0.1) is 5.92 Å². The average molecular weight is 293 g/mol. The molecule has 0 aliphatic heterocycles. The fourth-order valence-electron chi connectivity index (χ4n) is 2.60. The Bertz CT molecular complexity index is 393. The van der Waals surface area contributed by atoms with E-state index in [9.17, 15) is 0 Å². The zero-order chi connectivity index (χ0) is 15.7. The highest BCUT2D eigenvalue weighted by Gasteiger charge is 2.20. The summed E-state index contributed by atoms with van der Waals surface area (Å²) < 4.78 is 11.7. The maximum absolute atomic E-state index is 6.19. The summed E-state index contributed by atoms with van der Waals surface area (Å²) >= 11 is 0. The summed E-state index contributed by atoms with van der Waals surface area (Å²) in [5, 5.41) is 0. The highest BCUT2D eigenvalue weighted by molar-refractivity contribution is 5.35. The fraction of sp³-hybridized carbons (Fsp3) is 0.667. The summed E-state index contributed by atoms with van der Waals surface area (Å²) in [6.45, 7) is 12.8. The quantitative estimate of drug-likeness (QED) is 0.647. The number of hydrogen-bond donors (Lipinski definition) is 0. The molecule has 120 valence electrons. The molecule has 0 spiro atoms. The van der Waals surface area contributed by atoms with Crippen LogP contribution in [0.4, 0.5) is 0 Å². The standard InChI is InChI=1S/C18H31NO2/c1-6-12-19(7-2)13-14-21-18(15(3)4)16-10-8-9-11-17(16)20-5/h8-11,15,18H,6-7,12-14H2,1-5H3. The van der Waals surface area contributed by atoms with E-state index in [4.69, 9.17) is 9.47 Å². The van der Waals surface area contributed by atoms with Gasteiger partial charge in [-0.25, -0.2) is 0 Å². The SMILES string of the molecule is CCCN(CC)CCOC(c1ccccc1OC)C(C)C. The monoisotopic (exact) mass is 293 g/mol. The number of methoxy groups -OCH3 is 1. The molecule has 0 aliphatic rings. The van der Waals surface area contributed by atoms with Crippen molar-refractivity contribution in [2.45, 2.75) is 40.2 Å². The molecule has 0 saturated heterocycles. The third kappa shape index (κ3) is 5.68. The van der Waals surface area contributed by atoms with Gasteiger partial charge in [-0.05, 0) is 31.5 Å². The first-order chi connectivity index (χ1) is 10.1. The first-order valence-electron chi connectivity index (χ1n) is 8.10. The van der Waals surface area contributed by atoms with E-state index in [1.807, 2.05) is 18.2 Å². The maximum atomic E-state index is 6.19. The van der Waals surface area contributed by atoms with E-state index in [2.05, 4.69) is 38.7 Å². The van der Waals surface area contributed by atoms with E-state index in [-0.39, 0.29) is 6.10 Å². The number of ether oxygens (including phenoxy) is 2. The van der Waals surface area contributed by atoms with Crippen molar-refractivity contribution in [1.29, 1.82) is 0 Å². The van der Waals surface area contributed by atoms with Gasteiger partial charge in [-0.3, -0.25) is 0 Å². The number of rotatable bonds is 10. The second-order valence-electron chi connectivity index (χ2n) is 5.71. The molecule has 0 fully saturated rings. The molecule has 1 rings (SSSR count). The molecule has 0 heterocycles. The first kappa shape index (κ1) is 18.0. The van der Waals surface area contributed by atoms with Crippen molar-refractivity contribution in [1.82, 2.24) is 4.90 Å². The van der Waals surface area contributed by atoms with Crippen LogP contribution in [0.5, 0.6) is 5.75 Å². The molecule has 1 unspecified atom stereocenters. The van der Waals surface area contributed by atoms with Gasteiger partial charge in [-0.2, -0.15) is 0 Å². The molecule has 0 saturated carbocycles. The topological polar surface area (TPSA) is 21.7 Å². The lowest BCUT2D eigenvalue weighted by atomic mass is 9.98. The molecule has 1 aromatic carbocycles. The van der Waals surface area contributed by atoms with Gasteiger partial charge < -0.3 is 14.4 Å². The Morgan fingerprint density at radius 1 is 1.10 bits per heavy atom. The molecule has 1 atom stereocenters. The molecule has 1 aromatic rings. The van der Waals surface area contributed by atoms with Crippen LogP contribution in [0.1, 0.15) is 45.8 Å². The van der Waals surface area contributed by atoms with Crippen LogP contribution in [0.2, 0.25) is 0 Å². The minimum absolute atomic E-state index is 0.0847. The Morgan fingerprint density at radius 2 is 1.81 bits per heavy atom. The number of nitrogens with zero attached hydrogens (tertiary/aromatic N) is 1. The maximum Gasteiger partial charge on any atom is 0.124 e. The summed E-state index contributed by atoms with van der Waals surface area (Å²) in [4.78, 5) is 2.43. The van der Waals surface area contributed by atoms with Crippen molar-refractivity contribution in [3.05, 3.63) is 29.8 Å². The Labute approximate surface area is 130 Å². The summed E-state index contributed by atoms with van der Waals surface area (Å²) in [6.07, 6.45) is 1.27. The summed E-state index contributed by atoms with van der Waals surface area (Å²) in [6, 6.07) is 8.16. The predicted molar refractivity (Wildman–Crippen MR) is 88.9 cm³/mol. The van der Waals surface area contributed by atoms with Gasteiger partial charge in [-0.15, -0.1) is 0 Å². The van der Waals surface area contributed by atoms with E-state index in [1.54, 1.807) is 7.11 Å². The lowest BCUT2D eigenvalue weighted by Gasteiger charge is -2.26. The molecule has 0 aromatic heterocycles. The molecule has 0 radical (unpaired) electrons. The van der Waals surface area contributed by atoms with Gasteiger partial charge in [0.05, 0.1) is 19.8 Å². The van der Waals surface area contributed by atoms with Crippen molar-refractivity contribution in [2.75, 3.05) is 33.4 Å². The van der Waals surface area contributed by atoms with Gasteiger partial charge >= 0.3 is 0 Å². The summed E-state index contributed by atoms with van der Waals surface area (Å²) in [7, 11) is 1.72. The van der Waals surface area contributed by atoms with Gasteiger partial charge in [0.25, 0.3) is 0 Å². The average Bonchev–Trinajstić information content (AvgIpc) is 2.50. The highest BCUT2D eigenvalue weighted by atomic mass is 16.5. The third-order valence-corrected chi connectivity index (χ3v) is 3.74. The predicted octanol–water partition coefficient (Wildman–Crippen LogP) is 4.14. The normalized spacial score (nSPS) is 12.9. The molecule has 3 nitrogen and oxygen atoms in total. The van der Waals surface area contributed by atoms with Crippen LogP contribution in [0.3, 0.4) is 0 Å². The van der Waals surface area contributed by atoms with Crippen molar-refractivity contribution < 1.29 is 9.47 Å². The second-order valence-corrected chi connectivity index (χ2v) is 5.71. The highest BCUT2D eigenvalue weighted by Crippen LogP contribution is 2.32. The minimum atomic E-state index is 0.0847. The third-order valence-electron chi connectivity index (χ3n) is 3.74. The van der Waals surface area contributed by atoms with Gasteiger partial charge in [0.15, 0.2) is 0 Å². The lowest BCUT2D eigenvalue weighted by Crippen LogP contribution is -2.29. The van der Waals surface area contributed by atoms with Gasteiger partial charge in [-0.1, -0.05) is 45.9 Å². The first-order valence-corrected chi connectivity index (χ1v) is 8.10. The second kappa shape index (κ2) is 9.80. The zero-order valence-electron chi connectivity index (χ0n) is 14.3. The lowest BCUT2D eigenvalue weighted by molar-refractivity contribution is 0.00823. The van der Waals surface area contributed by atoms with E-state index in [0.717, 1.165) is 37.6 Å². The number of likely N-dealkylation sites (N-methyl/N-ethyl adjacent to an activating group) is 1. The molecular weight excluding hydrogens is 262 g/mol. The fourth-order valence-corrected chi connectivity index (χ4v) is 2.60. The molecule has 0 amide bonds. The zero-order valence-corrected chi connectivity index (χ0v) is 14.3. The van der Waals surface area contributed by atoms with Crippen molar-refractivity contribution in [3.63, 3.8) is 0 Å². The Morgan fingerprint density at radius 3 is 2.38 bits per heavy atom. The van der Waals surface area contributed by atoms with Gasteiger partial charge in [0.2, 0.25) is 0 Å². The van der Waals surface area contributed by atoms with Crippen molar-refractivity contribution >= 4 is 0 Å². The molecule has 3 heteroatoms. The van der Waals surface area contributed by atoms with Crippen LogP contribution in [0.15, 0.2) is 24.3 Å². The van der Waals surface area contributed by atoms with Gasteiger partial charge in [0, 0.05) is 12.1 Å². The number of hydrogen-bond acceptors (Lipinski definition) is 3. The summed E-state index contributed by atoms with van der Waals surface area (Å²) in [5.74, 6) is 1.33. The molecule has 0 aliphatic carbocycles. The molecule has 21 heavy (non-hydrogen) atoms. The molecule has 0 N–H and O–H groups in total. The van der Waals surface area contributed by atoms with Crippen LogP contribution < -0.4 is 4.74 Å². The van der Waals surface area contributed by atoms with Crippen molar-refractivity contribution in [3.8, 4) is 5.75 Å². The molecular formula is C18H31NO2. The van der Waals surface area contributed by atoms with Crippen LogP contribution in [-0.4, -0.2) is 38.3 Å². The van der Waals surface area contributed by atoms with Gasteiger partial charge in [0.1, 0.15) is 5.75 Å².